The minimum Gasteiger partial charge on any atom is -0.408 e. The molecular formula is C15H21NO2. The van der Waals surface area contributed by atoms with Crippen molar-refractivity contribution >= 4 is 11.1 Å². The van der Waals surface area contributed by atoms with Crippen molar-refractivity contribution in [2.45, 2.75) is 46.5 Å². The highest BCUT2D eigenvalue weighted by atomic mass is 16.4. The van der Waals surface area contributed by atoms with Crippen molar-refractivity contribution in [2.75, 3.05) is 0 Å². The molecule has 0 saturated carbocycles. The quantitative estimate of drug-likeness (QED) is 0.876. The lowest BCUT2D eigenvalue weighted by Gasteiger charge is -2.32. The molecule has 0 bridgehead atoms. The van der Waals surface area contributed by atoms with Crippen molar-refractivity contribution in [3.63, 3.8) is 0 Å². The molecule has 0 aliphatic heterocycles. The SMILES string of the molecule is CC(C)(C)CC(C)(C)c1ccc2oc(=O)[nH]c2c1. The van der Waals surface area contributed by atoms with Crippen LogP contribution in [0.1, 0.15) is 46.6 Å². The summed E-state index contributed by atoms with van der Waals surface area (Å²) in [6.07, 6.45) is 1.08. The molecule has 98 valence electrons. The van der Waals surface area contributed by atoms with Crippen LogP contribution in [0.4, 0.5) is 0 Å². The Hall–Kier alpha value is -1.51. The highest BCUT2D eigenvalue weighted by Crippen LogP contribution is 2.36. The van der Waals surface area contributed by atoms with Crippen LogP contribution in [0.3, 0.4) is 0 Å². The van der Waals surface area contributed by atoms with Gasteiger partial charge in [0.1, 0.15) is 0 Å². The number of hydrogen-bond donors (Lipinski definition) is 1. The van der Waals surface area contributed by atoms with Crippen molar-refractivity contribution in [3.8, 4) is 0 Å². The third kappa shape index (κ3) is 2.66. The van der Waals surface area contributed by atoms with Gasteiger partial charge in [-0.1, -0.05) is 40.7 Å². The number of aromatic amines is 1. The highest BCUT2D eigenvalue weighted by Gasteiger charge is 2.27. The average Bonchev–Trinajstić information content (AvgIpc) is 2.52. The molecule has 2 rings (SSSR count). The Balaban J connectivity index is 2.43. The lowest BCUT2D eigenvalue weighted by atomic mass is 9.72. The van der Waals surface area contributed by atoms with Gasteiger partial charge in [-0.3, -0.25) is 4.98 Å². The van der Waals surface area contributed by atoms with Crippen molar-refractivity contribution in [1.29, 1.82) is 0 Å². The number of aromatic nitrogens is 1. The normalized spacial score (nSPS) is 13.2. The molecule has 3 nitrogen and oxygen atoms in total. The minimum absolute atomic E-state index is 0.0700. The Morgan fingerprint density at radius 3 is 2.44 bits per heavy atom. The first kappa shape index (κ1) is 12.9. The van der Waals surface area contributed by atoms with Crippen molar-refractivity contribution < 1.29 is 4.42 Å². The van der Waals surface area contributed by atoms with Crippen molar-refractivity contribution in [1.82, 2.24) is 4.98 Å². The third-order valence-corrected chi connectivity index (χ3v) is 3.17. The minimum atomic E-state index is -0.393. The van der Waals surface area contributed by atoms with E-state index in [4.69, 9.17) is 4.42 Å². The van der Waals surface area contributed by atoms with Crippen LogP contribution in [0.15, 0.2) is 27.4 Å². The second-order valence-corrected chi connectivity index (χ2v) is 6.85. The van der Waals surface area contributed by atoms with Gasteiger partial charge in [-0.05, 0) is 34.9 Å². The fourth-order valence-electron chi connectivity index (χ4n) is 2.80. The number of nitrogens with one attached hydrogen (secondary N) is 1. The van der Waals surface area contributed by atoms with E-state index in [2.05, 4.69) is 39.6 Å². The number of oxazole rings is 1. The molecule has 1 aromatic heterocycles. The number of benzene rings is 1. The van der Waals surface area contributed by atoms with Crippen LogP contribution < -0.4 is 5.76 Å². The maximum absolute atomic E-state index is 11.2. The lowest BCUT2D eigenvalue weighted by molar-refractivity contribution is 0.284. The summed E-state index contributed by atoms with van der Waals surface area (Å²) in [6, 6.07) is 5.93. The molecule has 3 heteroatoms. The molecule has 0 atom stereocenters. The summed E-state index contributed by atoms with van der Waals surface area (Å²) in [5.41, 5.74) is 2.96. The van der Waals surface area contributed by atoms with Crippen LogP contribution >= 0.6 is 0 Å². The Labute approximate surface area is 107 Å². The molecule has 1 heterocycles. The van der Waals surface area contributed by atoms with Crippen LogP contribution in [0.2, 0.25) is 0 Å². The van der Waals surface area contributed by atoms with E-state index in [9.17, 15) is 4.79 Å². The molecule has 1 N–H and O–H groups in total. The van der Waals surface area contributed by atoms with E-state index in [1.54, 1.807) is 0 Å². The van der Waals surface area contributed by atoms with E-state index in [-0.39, 0.29) is 10.8 Å². The zero-order valence-electron chi connectivity index (χ0n) is 11.8. The summed E-state index contributed by atoms with van der Waals surface area (Å²) < 4.78 is 5.03. The van der Waals surface area contributed by atoms with Gasteiger partial charge in [0.25, 0.3) is 0 Å². The Morgan fingerprint density at radius 1 is 1.17 bits per heavy atom. The molecule has 0 unspecified atom stereocenters. The number of rotatable bonds is 2. The lowest BCUT2D eigenvalue weighted by Crippen LogP contribution is -2.24. The Bertz CT molecular complexity index is 611. The van der Waals surface area contributed by atoms with Crippen molar-refractivity contribution in [3.05, 3.63) is 34.3 Å². The molecule has 0 spiro atoms. The van der Waals surface area contributed by atoms with Gasteiger partial charge >= 0.3 is 5.76 Å². The fourth-order valence-corrected chi connectivity index (χ4v) is 2.80. The van der Waals surface area contributed by atoms with E-state index in [0.29, 0.717) is 5.58 Å². The van der Waals surface area contributed by atoms with E-state index in [1.165, 1.54) is 5.56 Å². The average molecular weight is 247 g/mol. The zero-order chi connectivity index (χ0) is 13.6. The summed E-state index contributed by atoms with van der Waals surface area (Å²) in [5.74, 6) is -0.393. The van der Waals surface area contributed by atoms with Crippen LogP contribution in [0.5, 0.6) is 0 Å². The van der Waals surface area contributed by atoms with Gasteiger partial charge in [0.15, 0.2) is 5.58 Å². The summed E-state index contributed by atoms with van der Waals surface area (Å²) in [6.45, 7) is 11.2. The van der Waals surface area contributed by atoms with Gasteiger partial charge in [-0.2, -0.15) is 0 Å². The highest BCUT2D eigenvalue weighted by molar-refractivity contribution is 5.73. The number of hydrogen-bond acceptors (Lipinski definition) is 2. The smallest absolute Gasteiger partial charge is 0.408 e. The third-order valence-electron chi connectivity index (χ3n) is 3.17. The number of H-pyrrole nitrogens is 1. The van der Waals surface area contributed by atoms with Gasteiger partial charge in [-0.25, -0.2) is 4.79 Å². The van der Waals surface area contributed by atoms with E-state index in [0.717, 1.165) is 11.9 Å². The van der Waals surface area contributed by atoms with Crippen molar-refractivity contribution in [2.24, 2.45) is 5.41 Å². The number of fused-ring (bicyclic) bond motifs is 1. The van der Waals surface area contributed by atoms with Crippen LogP contribution in [0, 0.1) is 5.41 Å². The maximum Gasteiger partial charge on any atom is 0.417 e. The fraction of sp³-hybridized carbons (Fsp3) is 0.533. The molecular weight excluding hydrogens is 226 g/mol. The van der Waals surface area contributed by atoms with Crippen LogP contribution in [-0.4, -0.2) is 4.98 Å². The zero-order valence-corrected chi connectivity index (χ0v) is 11.8. The van der Waals surface area contributed by atoms with Gasteiger partial charge in [-0.15, -0.1) is 0 Å². The monoisotopic (exact) mass is 247 g/mol. The second kappa shape index (κ2) is 4.01. The molecule has 18 heavy (non-hydrogen) atoms. The van der Waals surface area contributed by atoms with E-state index in [1.807, 2.05) is 18.2 Å². The summed E-state index contributed by atoms with van der Waals surface area (Å²) in [5, 5.41) is 0. The molecule has 0 radical (unpaired) electrons. The molecule has 2 aromatic rings. The van der Waals surface area contributed by atoms with Gasteiger partial charge in [0.2, 0.25) is 0 Å². The summed E-state index contributed by atoms with van der Waals surface area (Å²) >= 11 is 0. The molecule has 0 fully saturated rings. The molecule has 0 amide bonds. The predicted octanol–water partition coefficient (Wildman–Crippen LogP) is 3.83. The first-order valence-corrected chi connectivity index (χ1v) is 6.31. The standard InChI is InChI=1S/C15H21NO2/c1-14(2,3)9-15(4,5)10-6-7-12-11(8-10)16-13(17)18-12/h6-8H,9H2,1-5H3,(H,16,17). The summed E-state index contributed by atoms with van der Waals surface area (Å²) in [4.78, 5) is 13.9. The van der Waals surface area contributed by atoms with E-state index >= 15 is 0 Å². The Morgan fingerprint density at radius 2 is 1.83 bits per heavy atom. The topological polar surface area (TPSA) is 46.0 Å². The Kier molecular flexibility index (Phi) is 2.88. The van der Waals surface area contributed by atoms with Gasteiger partial charge < -0.3 is 4.42 Å². The molecule has 0 aliphatic carbocycles. The van der Waals surface area contributed by atoms with Gasteiger partial charge in [0, 0.05) is 0 Å². The first-order valence-electron chi connectivity index (χ1n) is 6.31. The summed E-state index contributed by atoms with van der Waals surface area (Å²) in [7, 11) is 0. The largest absolute Gasteiger partial charge is 0.417 e. The maximum atomic E-state index is 11.2. The molecule has 1 aromatic carbocycles. The van der Waals surface area contributed by atoms with E-state index < -0.39 is 5.76 Å². The van der Waals surface area contributed by atoms with Crippen LogP contribution in [-0.2, 0) is 5.41 Å². The van der Waals surface area contributed by atoms with Gasteiger partial charge in [0.05, 0.1) is 5.52 Å². The predicted molar refractivity (Wildman–Crippen MR) is 73.9 cm³/mol. The molecule has 0 saturated heterocycles. The second-order valence-electron chi connectivity index (χ2n) is 6.85. The molecule has 0 aliphatic rings. The first-order chi connectivity index (χ1) is 8.17. The van der Waals surface area contributed by atoms with Crippen LogP contribution in [0.25, 0.3) is 11.1 Å².